The number of nitrogens with zero attached hydrogens (tertiary/aromatic N) is 1. The summed E-state index contributed by atoms with van der Waals surface area (Å²) in [6.07, 6.45) is 0. The zero-order valence-electron chi connectivity index (χ0n) is 7.91. The Hall–Kier alpha value is -1.35. The smallest absolute Gasteiger partial charge is 0.226 e. The molecule has 0 saturated heterocycles. The summed E-state index contributed by atoms with van der Waals surface area (Å²) < 4.78 is 0. The molecule has 0 atom stereocenters. The van der Waals surface area contributed by atoms with Gasteiger partial charge in [0.25, 0.3) is 0 Å². The number of carbonyl (C=O) groups excluding carboxylic acids is 1. The van der Waals surface area contributed by atoms with Gasteiger partial charge in [-0.2, -0.15) is 0 Å². The first-order valence-electron chi connectivity index (χ1n) is 4.05. The van der Waals surface area contributed by atoms with Gasteiger partial charge in [0.1, 0.15) is 0 Å². The van der Waals surface area contributed by atoms with Crippen molar-refractivity contribution in [1.82, 2.24) is 0 Å². The lowest BCUT2D eigenvalue weighted by Gasteiger charge is -2.01. The lowest BCUT2D eigenvalue weighted by atomic mass is 10.0. The van der Waals surface area contributed by atoms with Crippen LogP contribution in [0.2, 0.25) is 0 Å². The van der Waals surface area contributed by atoms with Gasteiger partial charge in [0, 0.05) is 5.56 Å². The predicted molar refractivity (Wildman–Crippen MR) is 55.3 cm³/mol. The number of ketones is 1. The fourth-order valence-electron chi connectivity index (χ4n) is 1.27. The lowest BCUT2D eigenvalue weighted by Crippen LogP contribution is -2.08. The van der Waals surface area contributed by atoms with Crippen LogP contribution >= 0.6 is 11.6 Å². The first-order valence-corrected chi connectivity index (χ1v) is 4.43. The van der Waals surface area contributed by atoms with Crippen molar-refractivity contribution < 1.29 is 10.0 Å². The molecule has 74 valence electrons. The Morgan fingerprint density at radius 3 is 2.21 bits per heavy atom. The average Bonchev–Trinajstić information content (AvgIpc) is 2.14. The second kappa shape index (κ2) is 4.24. The summed E-state index contributed by atoms with van der Waals surface area (Å²) in [6, 6.07) is 5.34. The van der Waals surface area contributed by atoms with Crippen molar-refractivity contribution in [3.63, 3.8) is 0 Å². The van der Waals surface area contributed by atoms with Crippen LogP contribution in [0.15, 0.2) is 23.4 Å². The third-order valence-corrected chi connectivity index (χ3v) is 2.01. The van der Waals surface area contributed by atoms with E-state index in [0.717, 1.165) is 11.1 Å². The molecule has 1 aromatic carbocycles. The van der Waals surface area contributed by atoms with Crippen LogP contribution in [0.25, 0.3) is 0 Å². The SMILES string of the molecule is Cc1cc(C)cc(C(=O)/C(Cl)=N\O)c1. The number of halogens is 1. The second-order valence-corrected chi connectivity index (χ2v) is 3.45. The molecular weight excluding hydrogens is 202 g/mol. The first kappa shape index (κ1) is 10.7. The van der Waals surface area contributed by atoms with E-state index in [-0.39, 0.29) is 0 Å². The van der Waals surface area contributed by atoms with Crippen LogP contribution in [0.4, 0.5) is 0 Å². The monoisotopic (exact) mass is 211 g/mol. The van der Waals surface area contributed by atoms with Gasteiger partial charge < -0.3 is 5.21 Å². The van der Waals surface area contributed by atoms with Crippen LogP contribution in [-0.2, 0) is 0 Å². The summed E-state index contributed by atoms with van der Waals surface area (Å²) in [4.78, 5) is 11.5. The molecule has 0 radical (unpaired) electrons. The largest absolute Gasteiger partial charge is 0.410 e. The van der Waals surface area contributed by atoms with Gasteiger partial charge in [-0.25, -0.2) is 0 Å². The predicted octanol–water partition coefficient (Wildman–Crippen LogP) is 2.51. The van der Waals surface area contributed by atoms with Gasteiger partial charge in [-0.05, 0) is 26.0 Å². The van der Waals surface area contributed by atoms with Gasteiger partial charge in [-0.3, -0.25) is 4.79 Å². The van der Waals surface area contributed by atoms with E-state index < -0.39 is 11.0 Å². The van der Waals surface area contributed by atoms with Crippen molar-refractivity contribution >= 4 is 22.6 Å². The molecule has 1 N–H and O–H groups in total. The maximum Gasteiger partial charge on any atom is 0.226 e. The van der Waals surface area contributed by atoms with Crippen LogP contribution < -0.4 is 0 Å². The summed E-state index contributed by atoms with van der Waals surface area (Å²) in [5, 5.41) is 10.6. The molecule has 0 fully saturated rings. The Labute approximate surface area is 87.0 Å². The molecule has 4 heteroatoms. The van der Waals surface area contributed by atoms with Crippen LogP contribution in [0.1, 0.15) is 21.5 Å². The van der Waals surface area contributed by atoms with Crippen molar-refractivity contribution in [3.8, 4) is 0 Å². The molecule has 0 aliphatic rings. The number of hydrogen-bond acceptors (Lipinski definition) is 3. The van der Waals surface area contributed by atoms with Crippen molar-refractivity contribution in [2.45, 2.75) is 13.8 Å². The zero-order valence-corrected chi connectivity index (χ0v) is 8.67. The number of aryl methyl sites for hydroxylation is 2. The summed E-state index contributed by atoms with van der Waals surface area (Å²) in [7, 11) is 0. The standard InChI is InChI=1S/C10H10ClNO2/c1-6-3-7(2)5-8(4-6)9(13)10(11)12-14/h3-5,14H,1-2H3/b12-10+. The van der Waals surface area contributed by atoms with Crippen LogP contribution in [0.3, 0.4) is 0 Å². The van der Waals surface area contributed by atoms with E-state index in [1.165, 1.54) is 0 Å². The van der Waals surface area contributed by atoms with E-state index in [0.29, 0.717) is 5.56 Å². The van der Waals surface area contributed by atoms with Gasteiger partial charge in [-0.15, -0.1) is 0 Å². The molecule has 0 aromatic heterocycles. The van der Waals surface area contributed by atoms with Gasteiger partial charge in [0.2, 0.25) is 11.0 Å². The van der Waals surface area contributed by atoms with Crippen LogP contribution in [0, 0.1) is 13.8 Å². The van der Waals surface area contributed by atoms with Crippen molar-refractivity contribution in [1.29, 1.82) is 0 Å². The Morgan fingerprint density at radius 2 is 1.79 bits per heavy atom. The Kier molecular flexibility index (Phi) is 3.25. The topological polar surface area (TPSA) is 49.7 Å². The Balaban J connectivity index is 3.14. The molecule has 0 bridgehead atoms. The summed E-state index contributed by atoms with van der Waals surface area (Å²) in [5.41, 5.74) is 2.37. The average molecular weight is 212 g/mol. The molecule has 0 unspecified atom stereocenters. The molecule has 1 rings (SSSR count). The summed E-state index contributed by atoms with van der Waals surface area (Å²) >= 11 is 5.41. The van der Waals surface area contributed by atoms with Crippen molar-refractivity contribution in [3.05, 3.63) is 34.9 Å². The Morgan fingerprint density at radius 1 is 1.29 bits per heavy atom. The van der Waals surface area contributed by atoms with E-state index >= 15 is 0 Å². The lowest BCUT2D eigenvalue weighted by molar-refractivity contribution is 0.106. The number of oxime groups is 1. The second-order valence-electron chi connectivity index (χ2n) is 3.10. The molecule has 0 spiro atoms. The highest BCUT2D eigenvalue weighted by molar-refractivity contribution is 6.84. The molecule has 0 amide bonds. The quantitative estimate of drug-likeness (QED) is 0.354. The fourth-order valence-corrected chi connectivity index (χ4v) is 1.38. The number of rotatable bonds is 2. The van der Waals surface area contributed by atoms with Gasteiger partial charge in [-0.1, -0.05) is 33.9 Å². The number of Topliss-reactive ketones (excluding diaryl/α,β-unsaturated/α-hetero) is 1. The van der Waals surface area contributed by atoms with Crippen molar-refractivity contribution in [2.24, 2.45) is 5.16 Å². The minimum absolute atomic E-state index is 0.421. The number of carbonyl (C=O) groups is 1. The molecule has 3 nitrogen and oxygen atoms in total. The van der Waals surface area contributed by atoms with E-state index in [1.807, 2.05) is 19.9 Å². The molecule has 1 aromatic rings. The first-order chi connectivity index (χ1) is 6.54. The molecule has 0 aliphatic carbocycles. The summed E-state index contributed by atoms with van der Waals surface area (Å²) in [6.45, 7) is 3.77. The van der Waals surface area contributed by atoms with E-state index in [1.54, 1.807) is 12.1 Å². The normalized spacial score (nSPS) is 11.5. The highest BCUT2D eigenvalue weighted by Gasteiger charge is 2.12. The van der Waals surface area contributed by atoms with Crippen LogP contribution in [0.5, 0.6) is 0 Å². The molecule has 0 saturated carbocycles. The zero-order chi connectivity index (χ0) is 10.7. The molecular formula is C10H10ClNO2. The van der Waals surface area contributed by atoms with E-state index in [9.17, 15) is 4.79 Å². The third kappa shape index (κ3) is 2.33. The summed E-state index contributed by atoms with van der Waals surface area (Å²) in [5.74, 6) is -0.471. The Bertz CT molecular complexity index is 379. The van der Waals surface area contributed by atoms with E-state index in [4.69, 9.17) is 16.8 Å². The maximum atomic E-state index is 11.5. The third-order valence-electron chi connectivity index (χ3n) is 1.76. The molecule has 14 heavy (non-hydrogen) atoms. The van der Waals surface area contributed by atoms with Gasteiger partial charge in [0.05, 0.1) is 0 Å². The molecule has 0 aliphatic heterocycles. The minimum atomic E-state index is -0.471. The van der Waals surface area contributed by atoms with Gasteiger partial charge in [0.15, 0.2) is 0 Å². The molecule has 0 heterocycles. The van der Waals surface area contributed by atoms with Crippen molar-refractivity contribution in [2.75, 3.05) is 0 Å². The highest BCUT2D eigenvalue weighted by Crippen LogP contribution is 2.11. The number of benzene rings is 1. The number of hydrogen-bond donors (Lipinski definition) is 1. The van der Waals surface area contributed by atoms with Gasteiger partial charge >= 0.3 is 0 Å². The van der Waals surface area contributed by atoms with E-state index in [2.05, 4.69) is 5.16 Å². The fraction of sp³-hybridized carbons (Fsp3) is 0.200. The van der Waals surface area contributed by atoms with Crippen LogP contribution in [-0.4, -0.2) is 16.2 Å². The highest BCUT2D eigenvalue weighted by atomic mass is 35.5. The maximum absolute atomic E-state index is 11.5. The minimum Gasteiger partial charge on any atom is -0.410 e.